The first-order valence-corrected chi connectivity index (χ1v) is 13.8. The van der Waals surface area contributed by atoms with Crippen LogP contribution in [-0.2, 0) is 31.1 Å². The summed E-state index contributed by atoms with van der Waals surface area (Å²) in [7, 11) is 1.82. The summed E-state index contributed by atoms with van der Waals surface area (Å²) in [6.45, 7) is 8.17. The Morgan fingerprint density at radius 1 is 1.00 bits per heavy atom. The molecule has 4 aromatic rings. The first-order valence-electron chi connectivity index (χ1n) is 13.8. The molecule has 222 valence electrons. The zero-order valence-electron chi connectivity index (χ0n) is 23.8. The van der Waals surface area contributed by atoms with Crippen LogP contribution in [0.1, 0.15) is 30.5 Å². The van der Waals surface area contributed by atoms with Crippen molar-refractivity contribution in [1.29, 1.82) is 0 Å². The molecule has 0 atom stereocenters. The molecule has 42 heavy (non-hydrogen) atoms. The Kier molecular flexibility index (Phi) is 8.64. The molecule has 2 aromatic carbocycles. The lowest BCUT2D eigenvalue weighted by Gasteiger charge is -2.34. The molecule has 1 aliphatic rings. The van der Waals surface area contributed by atoms with Crippen molar-refractivity contribution in [3.63, 3.8) is 0 Å². The highest BCUT2D eigenvalue weighted by molar-refractivity contribution is 5.87. The number of imidazole rings is 1. The summed E-state index contributed by atoms with van der Waals surface area (Å²) in [6, 6.07) is 13.3. The van der Waals surface area contributed by atoms with Crippen LogP contribution in [0.15, 0.2) is 54.7 Å². The Morgan fingerprint density at radius 2 is 1.74 bits per heavy atom. The minimum absolute atomic E-state index is 0.183. The topological polar surface area (TPSA) is 87.6 Å². The van der Waals surface area contributed by atoms with Crippen LogP contribution in [0.4, 0.5) is 24.9 Å². The number of hydrogen-bond acceptors (Lipinski definition) is 7. The SMILES string of the molecule is CCN1CCN(Cc2ccc(CNc3nc4ccc(Oc5ccnc(NC(C)=O)c5)cc4n3C)cc2C(F)(F)F)CC1. The summed E-state index contributed by atoms with van der Waals surface area (Å²) >= 11 is 0. The fourth-order valence-corrected chi connectivity index (χ4v) is 5.07. The van der Waals surface area contributed by atoms with Crippen LogP contribution in [0.2, 0.25) is 0 Å². The third-order valence-electron chi connectivity index (χ3n) is 7.36. The smallest absolute Gasteiger partial charge is 0.416 e. The number of aryl methyl sites for hydroxylation is 1. The van der Waals surface area contributed by atoms with Gasteiger partial charge in [0.25, 0.3) is 0 Å². The predicted molar refractivity (Wildman–Crippen MR) is 155 cm³/mol. The van der Waals surface area contributed by atoms with Gasteiger partial charge in [-0.2, -0.15) is 13.2 Å². The number of ether oxygens (including phenoxy) is 1. The number of piperazine rings is 1. The second kappa shape index (κ2) is 12.4. The van der Waals surface area contributed by atoms with E-state index in [9.17, 15) is 18.0 Å². The van der Waals surface area contributed by atoms with Crippen LogP contribution in [-0.4, -0.2) is 63.0 Å². The monoisotopic (exact) mass is 581 g/mol. The molecule has 0 bridgehead atoms. The lowest BCUT2D eigenvalue weighted by Crippen LogP contribution is -2.45. The molecule has 3 heterocycles. The van der Waals surface area contributed by atoms with Crippen molar-refractivity contribution in [2.75, 3.05) is 43.4 Å². The van der Waals surface area contributed by atoms with Crippen LogP contribution < -0.4 is 15.4 Å². The van der Waals surface area contributed by atoms with Crippen molar-refractivity contribution in [3.05, 3.63) is 71.4 Å². The fourth-order valence-electron chi connectivity index (χ4n) is 5.07. The van der Waals surface area contributed by atoms with Crippen molar-refractivity contribution >= 4 is 28.7 Å². The lowest BCUT2D eigenvalue weighted by molar-refractivity contribution is -0.138. The molecule has 2 N–H and O–H groups in total. The maximum absolute atomic E-state index is 14.0. The van der Waals surface area contributed by atoms with Crippen molar-refractivity contribution in [3.8, 4) is 11.5 Å². The maximum atomic E-state index is 14.0. The Balaban J connectivity index is 1.28. The zero-order valence-corrected chi connectivity index (χ0v) is 23.8. The highest BCUT2D eigenvalue weighted by atomic mass is 19.4. The number of rotatable bonds is 9. The number of likely N-dealkylation sites (N-methyl/N-ethyl adjacent to an activating group) is 1. The van der Waals surface area contributed by atoms with E-state index in [0.29, 0.717) is 39.9 Å². The number of amides is 1. The number of fused-ring (bicyclic) bond motifs is 1. The predicted octanol–water partition coefficient (Wildman–Crippen LogP) is 5.49. The van der Waals surface area contributed by atoms with Gasteiger partial charge in [-0.1, -0.05) is 19.1 Å². The minimum atomic E-state index is -4.44. The van der Waals surface area contributed by atoms with Crippen molar-refractivity contribution in [2.45, 2.75) is 33.1 Å². The second-order valence-electron chi connectivity index (χ2n) is 10.4. The van der Waals surface area contributed by atoms with Crippen LogP contribution in [0.5, 0.6) is 11.5 Å². The van der Waals surface area contributed by atoms with Gasteiger partial charge in [0.05, 0.1) is 16.6 Å². The molecule has 1 aliphatic heterocycles. The Labute approximate surface area is 242 Å². The maximum Gasteiger partial charge on any atom is 0.416 e. The average molecular weight is 582 g/mol. The van der Waals surface area contributed by atoms with Gasteiger partial charge in [0, 0.05) is 71.6 Å². The van der Waals surface area contributed by atoms with E-state index in [1.54, 1.807) is 30.3 Å². The lowest BCUT2D eigenvalue weighted by atomic mass is 10.0. The Bertz CT molecular complexity index is 1560. The number of halogens is 3. The number of alkyl halides is 3. The number of carbonyl (C=O) groups is 1. The van der Waals surface area contributed by atoms with Crippen LogP contribution in [0.25, 0.3) is 11.0 Å². The van der Waals surface area contributed by atoms with E-state index in [-0.39, 0.29) is 19.0 Å². The van der Waals surface area contributed by atoms with Gasteiger partial charge >= 0.3 is 6.18 Å². The van der Waals surface area contributed by atoms with Gasteiger partial charge in [0.2, 0.25) is 11.9 Å². The molecule has 12 heteroatoms. The second-order valence-corrected chi connectivity index (χ2v) is 10.4. The Morgan fingerprint density at radius 3 is 2.45 bits per heavy atom. The molecule has 0 unspecified atom stereocenters. The first kappa shape index (κ1) is 29.3. The quantitative estimate of drug-likeness (QED) is 0.270. The molecule has 1 saturated heterocycles. The van der Waals surface area contributed by atoms with E-state index in [0.717, 1.165) is 38.2 Å². The van der Waals surface area contributed by atoms with E-state index >= 15 is 0 Å². The van der Waals surface area contributed by atoms with Crippen molar-refractivity contribution in [2.24, 2.45) is 7.05 Å². The average Bonchev–Trinajstić information content (AvgIpc) is 3.26. The summed E-state index contributed by atoms with van der Waals surface area (Å²) in [4.78, 5) is 24.4. The van der Waals surface area contributed by atoms with Gasteiger partial charge in [0.1, 0.15) is 17.3 Å². The van der Waals surface area contributed by atoms with Crippen LogP contribution in [0, 0.1) is 0 Å². The standard InChI is InChI=1S/C30H34F3N7O2/c1-4-39-11-13-40(14-12-39)19-22-6-5-21(15-25(22)30(31,32)33)18-35-29-37-26-8-7-23(16-27(26)38(29)3)42-24-9-10-34-28(17-24)36-20(2)41/h5-10,15-17H,4,11-14,18-19H2,1-3H3,(H,35,37)(H,34,36,41). The summed E-state index contributed by atoms with van der Waals surface area (Å²) in [5.41, 5.74) is 1.70. The highest BCUT2D eigenvalue weighted by Gasteiger charge is 2.34. The number of hydrogen-bond donors (Lipinski definition) is 2. The molecular weight excluding hydrogens is 547 g/mol. The molecule has 5 rings (SSSR count). The van der Waals surface area contributed by atoms with Gasteiger partial charge < -0.3 is 24.8 Å². The van der Waals surface area contributed by atoms with Gasteiger partial charge in [0.15, 0.2) is 0 Å². The number of nitrogens with one attached hydrogen (secondary N) is 2. The summed E-state index contributed by atoms with van der Waals surface area (Å²) < 4.78 is 49.9. The first-order chi connectivity index (χ1) is 20.1. The normalized spacial score (nSPS) is 14.7. The van der Waals surface area contributed by atoms with Gasteiger partial charge in [-0.25, -0.2) is 9.97 Å². The van der Waals surface area contributed by atoms with Gasteiger partial charge in [-0.05, 0) is 41.9 Å². The van der Waals surface area contributed by atoms with Crippen molar-refractivity contribution < 1.29 is 22.7 Å². The Hall–Kier alpha value is -4.16. The number of anilines is 2. The molecule has 0 aliphatic carbocycles. The highest BCUT2D eigenvalue weighted by Crippen LogP contribution is 2.34. The van der Waals surface area contributed by atoms with E-state index in [4.69, 9.17) is 4.74 Å². The molecular formula is C30H34F3N7O2. The molecule has 0 saturated carbocycles. The number of aromatic nitrogens is 3. The minimum Gasteiger partial charge on any atom is -0.457 e. The number of benzene rings is 2. The van der Waals surface area contributed by atoms with E-state index in [2.05, 4.69) is 37.3 Å². The van der Waals surface area contributed by atoms with E-state index in [1.807, 2.05) is 23.7 Å². The summed E-state index contributed by atoms with van der Waals surface area (Å²) in [6.07, 6.45) is -2.90. The third-order valence-corrected chi connectivity index (χ3v) is 7.36. The zero-order chi connectivity index (χ0) is 29.9. The number of pyridine rings is 1. The summed E-state index contributed by atoms with van der Waals surface area (Å²) in [5.74, 6) is 1.72. The third kappa shape index (κ3) is 7.00. The van der Waals surface area contributed by atoms with Crippen LogP contribution in [0.3, 0.4) is 0 Å². The van der Waals surface area contributed by atoms with Gasteiger partial charge in [-0.15, -0.1) is 0 Å². The molecule has 0 spiro atoms. The largest absolute Gasteiger partial charge is 0.457 e. The molecule has 0 radical (unpaired) electrons. The number of carbonyl (C=O) groups excluding carboxylic acids is 1. The molecule has 1 amide bonds. The van der Waals surface area contributed by atoms with E-state index in [1.165, 1.54) is 19.2 Å². The van der Waals surface area contributed by atoms with Crippen molar-refractivity contribution in [1.82, 2.24) is 24.3 Å². The van der Waals surface area contributed by atoms with Crippen LogP contribution >= 0.6 is 0 Å². The molecule has 1 fully saturated rings. The molecule has 9 nitrogen and oxygen atoms in total. The van der Waals surface area contributed by atoms with Gasteiger partial charge in [-0.3, -0.25) is 9.69 Å². The fraction of sp³-hybridized carbons (Fsp3) is 0.367. The summed E-state index contributed by atoms with van der Waals surface area (Å²) in [5, 5.41) is 5.80. The number of nitrogens with zero attached hydrogens (tertiary/aromatic N) is 5. The van der Waals surface area contributed by atoms with E-state index < -0.39 is 11.7 Å². The molecule has 2 aromatic heterocycles.